The van der Waals surface area contributed by atoms with Crippen molar-refractivity contribution in [2.24, 2.45) is 5.92 Å². The molecule has 4 N–H and O–H groups in total. The summed E-state index contributed by atoms with van der Waals surface area (Å²) >= 11 is 0. The highest BCUT2D eigenvalue weighted by Gasteiger charge is 2.39. The molecule has 2 aromatic rings. The standard InChI is InChI=1S/C30H39FN4O5/c1-18-16-32-27(21-10-11-21)30(39)35(3)19(2)28(37)34-25(14-20-8-12-23(31)13-9-20)29(38)33-17-24(36)15-22-6-4-5-7-26(22)40-18/h4-9,12-13,18-19,21,24-25,27,32,36H,10-11,14-17H2,1-3H3,(H,33,38)(H,34,37)/t18-,19-,24?,25-,27+/m1/s1. The molecule has 5 atom stereocenters. The fourth-order valence-electron chi connectivity index (χ4n) is 4.84. The first-order valence-corrected chi connectivity index (χ1v) is 13.9. The Morgan fingerprint density at radius 1 is 1.00 bits per heavy atom. The van der Waals surface area contributed by atoms with Gasteiger partial charge in [0.25, 0.3) is 0 Å². The molecular weight excluding hydrogens is 515 g/mol. The van der Waals surface area contributed by atoms with E-state index in [1.54, 1.807) is 26.1 Å². The first-order chi connectivity index (χ1) is 19.1. The molecule has 0 radical (unpaired) electrons. The first kappa shape index (κ1) is 29.5. The van der Waals surface area contributed by atoms with Crippen LogP contribution in [0.15, 0.2) is 48.5 Å². The van der Waals surface area contributed by atoms with Crippen molar-refractivity contribution < 1.29 is 28.6 Å². The number of nitrogens with one attached hydrogen (secondary N) is 3. The Hall–Kier alpha value is -3.50. The second kappa shape index (κ2) is 13.2. The molecule has 216 valence electrons. The molecule has 1 aliphatic carbocycles. The van der Waals surface area contributed by atoms with Crippen LogP contribution in [0.5, 0.6) is 5.75 Å². The summed E-state index contributed by atoms with van der Waals surface area (Å²) in [7, 11) is 1.59. The number of fused-ring (bicyclic) bond motifs is 1. The SMILES string of the molecule is C[C@@H]1CN[C@@H](C2CC2)C(=O)N(C)[C@H](C)C(=O)N[C@H](Cc2ccc(F)cc2)C(=O)NCC(O)Cc2ccccc2O1. The van der Waals surface area contributed by atoms with Crippen LogP contribution in [0.3, 0.4) is 0 Å². The number of halogens is 1. The Labute approximate surface area is 234 Å². The lowest BCUT2D eigenvalue weighted by Crippen LogP contribution is -2.57. The number of hydrogen-bond acceptors (Lipinski definition) is 6. The third kappa shape index (κ3) is 7.79. The van der Waals surface area contributed by atoms with Crippen molar-refractivity contribution in [2.75, 3.05) is 20.1 Å². The largest absolute Gasteiger partial charge is 0.489 e. The maximum Gasteiger partial charge on any atom is 0.243 e. The number of likely N-dealkylation sites (N-methyl/N-ethyl adjacent to an activating group) is 1. The van der Waals surface area contributed by atoms with Gasteiger partial charge in [-0.05, 0) is 61.9 Å². The Morgan fingerprint density at radius 3 is 2.40 bits per heavy atom. The van der Waals surface area contributed by atoms with Crippen LogP contribution in [-0.4, -0.2) is 78.2 Å². The van der Waals surface area contributed by atoms with Gasteiger partial charge in [0.05, 0.1) is 12.1 Å². The molecule has 9 nitrogen and oxygen atoms in total. The Bertz CT molecular complexity index is 1190. The van der Waals surface area contributed by atoms with Gasteiger partial charge in [-0.3, -0.25) is 14.4 Å². The van der Waals surface area contributed by atoms with E-state index in [0.29, 0.717) is 17.9 Å². The van der Waals surface area contributed by atoms with E-state index in [1.165, 1.54) is 17.0 Å². The summed E-state index contributed by atoms with van der Waals surface area (Å²) in [5, 5.41) is 19.6. The number of hydrogen-bond donors (Lipinski definition) is 4. The quantitative estimate of drug-likeness (QED) is 0.457. The van der Waals surface area contributed by atoms with Gasteiger partial charge < -0.3 is 30.7 Å². The smallest absolute Gasteiger partial charge is 0.243 e. The van der Waals surface area contributed by atoms with Gasteiger partial charge >= 0.3 is 0 Å². The third-order valence-electron chi connectivity index (χ3n) is 7.55. The number of amides is 3. The van der Waals surface area contributed by atoms with E-state index in [1.807, 2.05) is 31.2 Å². The van der Waals surface area contributed by atoms with Crippen molar-refractivity contribution in [1.29, 1.82) is 0 Å². The molecule has 1 fully saturated rings. The number of carbonyl (C=O) groups is 3. The van der Waals surface area contributed by atoms with Gasteiger partial charge in [-0.25, -0.2) is 4.39 Å². The number of ether oxygens (including phenoxy) is 1. The minimum atomic E-state index is -0.996. The second-order valence-electron chi connectivity index (χ2n) is 10.9. The number of aliphatic hydroxyl groups is 1. The van der Waals surface area contributed by atoms with Gasteiger partial charge in [-0.15, -0.1) is 0 Å². The van der Waals surface area contributed by atoms with Crippen molar-refractivity contribution in [2.45, 2.75) is 69.9 Å². The van der Waals surface area contributed by atoms with Crippen LogP contribution in [0.2, 0.25) is 0 Å². The number of nitrogens with zero attached hydrogens (tertiary/aromatic N) is 1. The highest BCUT2D eigenvalue weighted by atomic mass is 19.1. The van der Waals surface area contributed by atoms with Crippen LogP contribution in [0.25, 0.3) is 0 Å². The minimum Gasteiger partial charge on any atom is -0.489 e. The summed E-state index contributed by atoms with van der Waals surface area (Å²) in [6.45, 7) is 3.91. The number of carbonyl (C=O) groups excluding carboxylic acids is 3. The summed E-state index contributed by atoms with van der Waals surface area (Å²) in [6.07, 6.45) is 1.05. The van der Waals surface area contributed by atoms with Crippen LogP contribution < -0.4 is 20.7 Å². The van der Waals surface area contributed by atoms with Crippen molar-refractivity contribution >= 4 is 17.7 Å². The zero-order valence-electron chi connectivity index (χ0n) is 23.2. The van der Waals surface area contributed by atoms with E-state index in [0.717, 1.165) is 18.4 Å². The van der Waals surface area contributed by atoms with Gasteiger partial charge in [0.2, 0.25) is 17.7 Å². The zero-order valence-corrected chi connectivity index (χ0v) is 23.2. The van der Waals surface area contributed by atoms with Gasteiger partial charge in [0.15, 0.2) is 0 Å². The molecule has 0 aromatic heterocycles. The normalized spacial score (nSPS) is 27.5. The molecule has 40 heavy (non-hydrogen) atoms. The van der Waals surface area contributed by atoms with Gasteiger partial charge in [-0.1, -0.05) is 30.3 Å². The summed E-state index contributed by atoms with van der Waals surface area (Å²) in [6, 6.07) is 10.8. The number of rotatable bonds is 3. The van der Waals surface area contributed by atoms with Gasteiger partial charge in [-0.2, -0.15) is 0 Å². The second-order valence-corrected chi connectivity index (χ2v) is 10.9. The van der Waals surface area contributed by atoms with Crippen LogP contribution in [-0.2, 0) is 27.2 Å². The molecule has 0 saturated heterocycles. The number of aliphatic hydroxyl groups excluding tert-OH is 1. The molecule has 2 aromatic carbocycles. The molecule has 10 heteroatoms. The van der Waals surface area contributed by atoms with E-state index in [2.05, 4.69) is 16.0 Å². The zero-order chi connectivity index (χ0) is 28.8. The third-order valence-corrected chi connectivity index (χ3v) is 7.55. The maximum absolute atomic E-state index is 13.5. The topological polar surface area (TPSA) is 120 Å². The lowest BCUT2D eigenvalue weighted by molar-refractivity contribution is -0.141. The molecule has 1 saturated carbocycles. The van der Waals surface area contributed by atoms with Crippen molar-refractivity contribution in [1.82, 2.24) is 20.9 Å². The molecule has 3 amide bonds. The molecule has 0 bridgehead atoms. The summed E-state index contributed by atoms with van der Waals surface area (Å²) < 4.78 is 19.6. The number of benzene rings is 2. The average molecular weight is 555 g/mol. The van der Waals surface area contributed by atoms with Crippen LogP contribution in [0.4, 0.5) is 4.39 Å². The van der Waals surface area contributed by atoms with E-state index >= 15 is 0 Å². The van der Waals surface area contributed by atoms with Crippen molar-refractivity contribution in [3.05, 3.63) is 65.5 Å². The molecule has 1 unspecified atom stereocenters. The van der Waals surface area contributed by atoms with Gasteiger partial charge in [0, 0.05) is 33.0 Å². The highest BCUT2D eigenvalue weighted by molar-refractivity contribution is 5.93. The predicted octanol–water partition coefficient (Wildman–Crippen LogP) is 1.57. The van der Waals surface area contributed by atoms with E-state index in [4.69, 9.17) is 4.74 Å². The molecule has 0 spiro atoms. The van der Waals surface area contributed by atoms with Crippen LogP contribution in [0.1, 0.15) is 37.8 Å². The number of β-amino-alcohol motifs (C(OH)–C–C–N with tert-alkyl or cyclic N) is 1. The molecular formula is C30H39FN4O5. The monoisotopic (exact) mass is 554 g/mol. The van der Waals surface area contributed by atoms with Crippen LogP contribution >= 0.6 is 0 Å². The van der Waals surface area contributed by atoms with E-state index in [9.17, 15) is 23.9 Å². The minimum absolute atomic E-state index is 0.0446. The Morgan fingerprint density at radius 2 is 1.70 bits per heavy atom. The van der Waals surface area contributed by atoms with E-state index in [-0.39, 0.29) is 37.3 Å². The fraction of sp³-hybridized carbons (Fsp3) is 0.500. The fourth-order valence-corrected chi connectivity index (χ4v) is 4.84. The molecule has 4 rings (SSSR count). The Kier molecular flexibility index (Phi) is 9.76. The average Bonchev–Trinajstić information content (AvgIpc) is 3.77. The molecule has 1 heterocycles. The number of para-hydroxylation sites is 1. The maximum atomic E-state index is 13.5. The lowest BCUT2D eigenvalue weighted by atomic mass is 10.0. The summed E-state index contributed by atoms with van der Waals surface area (Å²) in [5.41, 5.74) is 1.44. The van der Waals surface area contributed by atoms with Gasteiger partial charge in [0.1, 0.15) is 29.8 Å². The molecule has 1 aliphatic heterocycles. The van der Waals surface area contributed by atoms with Crippen molar-refractivity contribution in [3.8, 4) is 5.75 Å². The first-order valence-electron chi connectivity index (χ1n) is 13.9. The summed E-state index contributed by atoms with van der Waals surface area (Å²) in [5.74, 6) is -0.764. The van der Waals surface area contributed by atoms with Crippen LogP contribution in [0, 0.1) is 11.7 Å². The predicted molar refractivity (Wildman–Crippen MR) is 148 cm³/mol. The highest BCUT2D eigenvalue weighted by Crippen LogP contribution is 2.33. The Balaban J connectivity index is 1.59. The lowest BCUT2D eigenvalue weighted by Gasteiger charge is -2.31. The molecule has 2 aliphatic rings. The van der Waals surface area contributed by atoms with Crippen molar-refractivity contribution in [3.63, 3.8) is 0 Å². The summed E-state index contributed by atoms with van der Waals surface area (Å²) in [4.78, 5) is 41.4. The van der Waals surface area contributed by atoms with E-state index < -0.39 is 41.9 Å².